The number of aliphatic hydroxyl groups is 1. The van der Waals surface area contributed by atoms with Crippen molar-refractivity contribution in [1.29, 1.82) is 0 Å². The average molecular weight is 437 g/mol. The Hall–Kier alpha value is -2.55. The topological polar surface area (TPSA) is 82.5 Å². The predicted octanol–water partition coefficient (Wildman–Crippen LogP) is 5.07. The number of aromatic hydroxyl groups is 1. The summed E-state index contributed by atoms with van der Waals surface area (Å²) in [5.41, 5.74) is -0.103. The molecule has 9 heteroatoms. The second-order valence-electron chi connectivity index (χ2n) is 6.66. The standard InChI is InChI=1S/C20H15ClF2N2O3S/c21-12-2-1-3-13(22)17(12)25-19(28)11-6-14(23)10(7-16(11)27)20-24-15(8-26)18(29-20)9-4-5-9/h1-3,6-7,9,26-27H,4-5,8H2,(H,25,28). The third-order valence-electron chi connectivity index (χ3n) is 4.59. The van der Waals surface area contributed by atoms with E-state index < -0.39 is 23.3 Å². The number of carbonyl (C=O) groups excluding carboxylic acids is 1. The second kappa shape index (κ2) is 7.70. The molecule has 1 aliphatic carbocycles. The molecule has 1 saturated carbocycles. The predicted molar refractivity (Wildman–Crippen MR) is 106 cm³/mol. The number of carbonyl (C=O) groups is 1. The first kappa shape index (κ1) is 19.8. The van der Waals surface area contributed by atoms with Crippen molar-refractivity contribution in [2.24, 2.45) is 0 Å². The number of thiazole rings is 1. The normalized spacial score (nSPS) is 13.5. The number of aliphatic hydroxyl groups excluding tert-OH is 1. The van der Waals surface area contributed by atoms with Crippen molar-refractivity contribution >= 4 is 34.5 Å². The van der Waals surface area contributed by atoms with E-state index in [9.17, 15) is 23.8 Å². The Balaban J connectivity index is 1.66. The van der Waals surface area contributed by atoms with Crippen LogP contribution in [0, 0.1) is 11.6 Å². The highest BCUT2D eigenvalue weighted by Crippen LogP contribution is 2.46. The molecule has 0 aliphatic heterocycles. The quantitative estimate of drug-likeness (QED) is 0.521. The van der Waals surface area contributed by atoms with Gasteiger partial charge in [-0.2, -0.15) is 0 Å². The molecule has 0 atom stereocenters. The minimum Gasteiger partial charge on any atom is -0.507 e. The van der Waals surface area contributed by atoms with E-state index in [-0.39, 0.29) is 28.4 Å². The van der Waals surface area contributed by atoms with Crippen LogP contribution in [0.3, 0.4) is 0 Å². The lowest BCUT2D eigenvalue weighted by atomic mass is 10.1. The van der Waals surface area contributed by atoms with Crippen molar-refractivity contribution in [2.45, 2.75) is 25.4 Å². The van der Waals surface area contributed by atoms with Crippen LogP contribution in [0.15, 0.2) is 30.3 Å². The summed E-state index contributed by atoms with van der Waals surface area (Å²) in [6.07, 6.45) is 2.00. The number of aromatic nitrogens is 1. The van der Waals surface area contributed by atoms with Crippen LogP contribution in [0.25, 0.3) is 10.6 Å². The zero-order valence-corrected chi connectivity index (χ0v) is 16.4. The van der Waals surface area contributed by atoms with Gasteiger partial charge in [0.2, 0.25) is 0 Å². The number of benzene rings is 2. The first-order valence-electron chi connectivity index (χ1n) is 8.77. The molecule has 0 radical (unpaired) electrons. The van der Waals surface area contributed by atoms with Gasteiger partial charge < -0.3 is 15.5 Å². The number of amides is 1. The van der Waals surface area contributed by atoms with Crippen LogP contribution in [0.5, 0.6) is 5.75 Å². The molecule has 150 valence electrons. The molecule has 1 aromatic heterocycles. The number of phenols is 1. The minimum absolute atomic E-state index is 0.0228. The monoisotopic (exact) mass is 436 g/mol. The van der Waals surface area contributed by atoms with Gasteiger partial charge in [0, 0.05) is 10.4 Å². The van der Waals surface area contributed by atoms with Gasteiger partial charge in [-0.05, 0) is 43.0 Å². The van der Waals surface area contributed by atoms with Gasteiger partial charge in [0.25, 0.3) is 5.91 Å². The number of halogens is 3. The molecular weight excluding hydrogens is 422 g/mol. The summed E-state index contributed by atoms with van der Waals surface area (Å²) in [5, 5.41) is 22.3. The molecule has 5 nitrogen and oxygen atoms in total. The highest BCUT2D eigenvalue weighted by atomic mass is 35.5. The molecule has 3 aromatic rings. The van der Waals surface area contributed by atoms with Crippen LogP contribution in [0.1, 0.15) is 39.7 Å². The lowest BCUT2D eigenvalue weighted by Gasteiger charge is -2.10. The van der Waals surface area contributed by atoms with Crippen LogP contribution in [0.2, 0.25) is 5.02 Å². The van der Waals surface area contributed by atoms with E-state index in [1.807, 2.05) is 0 Å². The van der Waals surface area contributed by atoms with Crippen molar-refractivity contribution in [3.05, 3.63) is 63.1 Å². The van der Waals surface area contributed by atoms with Gasteiger partial charge in [-0.25, -0.2) is 13.8 Å². The summed E-state index contributed by atoms with van der Waals surface area (Å²) in [6.45, 7) is -0.250. The maximum Gasteiger partial charge on any atom is 0.259 e. The van der Waals surface area contributed by atoms with E-state index >= 15 is 0 Å². The molecule has 0 bridgehead atoms. The fraction of sp³-hybridized carbons (Fsp3) is 0.200. The summed E-state index contributed by atoms with van der Waals surface area (Å²) in [5.74, 6) is -2.59. The Morgan fingerprint density at radius 3 is 2.69 bits per heavy atom. The Bertz CT molecular complexity index is 1100. The minimum atomic E-state index is -0.909. The lowest BCUT2D eigenvalue weighted by molar-refractivity contribution is 0.102. The molecule has 0 saturated heterocycles. The molecule has 3 N–H and O–H groups in total. The second-order valence-corrected chi connectivity index (χ2v) is 8.10. The largest absolute Gasteiger partial charge is 0.507 e. The third kappa shape index (κ3) is 3.83. The van der Waals surface area contributed by atoms with Gasteiger partial charge >= 0.3 is 0 Å². The van der Waals surface area contributed by atoms with Crippen molar-refractivity contribution in [3.63, 3.8) is 0 Å². The number of nitrogens with one attached hydrogen (secondary N) is 1. The van der Waals surface area contributed by atoms with Gasteiger partial charge in [0.15, 0.2) is 0 Å². The fourth-order valence-corrected chi connectivity index (χ4v) is 4.43. The molecule has 1 amide bonds. The summed E-state index contributed by atoms with van der Waals surface area (Å²) in [7, 11) is 0. The molecule has 4 rings (SSSR count). The zero-order chi connectivity index (χ0) is 20.7. The number of phenolic OH excluding ortho intramolecular Hbond substituents is 1. The van der Waals surface area contributed by atoms with E-state index in [2.05, 4.69) is 10.3 Å². The van der Waals surface area contributed by atoms with Crippen LogP contribution in [-0.2, 0) is 6.61 Å². The highest BCUT2D eigenvalue weighted by molar-refractivity contribution is 7.15. The summed E-state index contributed by atoms with van der Waals surface area (Å²) in [6, 6.07) is 5.85. The Morgan fingerprint density at radius 1 is 1.28 bits per heavy atom. The van der Waals surface area contributed by atoms with Crippen LogP contribution in [-0.4, -0.2) is 21.1 Å². The maximum atomic E-state index is 14.7. The number of para-hydroxylation sites is 1. The van der Waals surface area contributed by atoms with Gasteiger partial charge in [0.05, 0.1) is 28.6 Å². The summed E-state index contributed by atoms with van der Waals surface area (Å²) >= 11 is 7.14. The van der Waals surface area contributed by atoms with Crippen LogP contribution >= 0.6 is 22.9 Å². The smallest absolute Gasteiger partial charge is 0.259 e. The highest BCUT2D eigenvalue weighted by Gasteiger charge is 2.30. The van der Waals surface area contributed by atoms with Gasteiger partial charge in [-0.1, -0.05) is 17.7 Å². The zero-order valence-electron chi connectivity index (χ0n) is 14.9. The van der Waals surface area contributed by atoms with Crippen LogP contribution in [0.4, 0.5) is 14.5 Å². The molecule has 1 aliphatic rings. The number of hydrogen-bond donors (Lipinski definition) is 3. The third-order valence-corrected chi connectivity index (χ3v) is 6.20. The maximum absolute atomic E-state index is 14.7. The van der Waals surface area contributed by atoms with E-state index in [4.69, 9.17) is 11.6 Å². The molecule has 1 heterocycles. The molecule has 0 spiro atoms. The van der Waals surface area contributed by atoms with Gasteiger partial charge in [-0.15, -0.1) is 11.3 Å². The molecule has 0 unspecified atom stereocenters. The van der Waals surface area contributed by atoms with Crippen molar-refractivity contribution in [2.75, 3.05) is 5.32 Å². The summed E-state index contributed by atoms with van der Waals surface area (Å²) < 4.78 is 28.6. The molecular formula is C20H15ClF2N2O3S. The Morgan fingerprint density at radius 2 is 2.03 bits per heavy atom. The number of nitrogens with zero attached hydrogens (tertiary/aromatic N) is 1. The number of rotatable bonds is 5. The first-order valence-corrected chi connectivity index (χ1v) is 9.97. The van der Waals surface area contributed by atoms with E-state index in [1.165, 1.54) is 23.5 Å². The first-order chi connectivity index (χ1) is 13.9. The van der Waals surface area contributed by atoms with E-state index in [0.29, 0.717) is 16.6 Å². The molecule has 1 fully saturated rings. The Labute approximate surface area is 173 Å². The number of anilines is 1. The Kier molecular flexibility index (Phi) is 5.24. The van der Waals surface area contributed by atoms with Crippen molar-refractivity contribution in [1.82, 2.24) is 4.98 Å². The fourth-order valence-electron chi connectivity index (χ4n) is 2.96. The van der Waals surface area contributed by atoms with E-state index in [1.54, 1.807) is 0 Å². The molecule has 2 aromatic carbocycles. The lowest BCUT2D eigenvalue weighted by Crippen LogP contribution is -2.14. The average Bonchev–Trinajstić information content (AvgIpc) is 3.45. The van der Waals surface area contributed by atoms with E-state index in [0.717, 1.165) is 35.9 Å². The SMILES string of the molecule is O=C(Nc1c(F)cccc1Cl)c1cc(F)c(-c2nc(CO)c(C3CC3)s2)cc1O. The summed E-state index contributed by atoms with van der Waals surface area (Å²) in [4.78, 5) is 17.6. The number of hydrogen-bond acceptors (Lipinski definition) is 5. The molecule has 29 heavy (non-hydrogen) atoms. The van der Waals surface area contributed by atoms with Crippen molar-refractivity contribution in [3.8, 4) is 16.3 Å². The van der Waals surface area contributed by atoms with Crippen molar-refractivity contribution < 1.29 is 23.8 Å². The van der Waals surface area contributed by atoms with Gasteiger partial charge in [-0.3, -0.25) is 4.79 Å². The van der Waals surface area contributed by atoms with Crippen LogP contribution < -0.4 is 5.32 Å². The van der Waals surface area contributed by atoms with Gasteiger partial charge in [0.1, 0.15) is 22.4 Å².